The molecule has 0 fully saturated rings. The van der Waals surface area contributed by atoms with Crippen molar-refractivity contribution in [2.75, 3.05) is 25.0 Å². The quantitative estimate of drug-likeness (QED) is 0.620. The number of nitrogens with zero attached hydrogens (tertiary/aromatic N) is 3. The van der Waals surface area contributed by atoms with Crippen LogP contribution in [-0.4, -0.2) is 47.6 Å². The number of carbonyl (C=O) groups is 1. The molecular weight excluding hydrogens is 378 g/mol. The van der Waals surface area contributed by atoms with Crippen molar-refractivity contribution in [2.24, 2.45) is 11.0 Å². The first kappa shape index (κ1) is 20.9. The minimum absolute atomic E-state index is 0.0719. The Kier molecular flexibility index (Phi) is 6.56. The monoisotopic (exact) mass is 404 g/mol. The molecule has 9 heteroatoms. The molecule has 29 heavy (non-hydrogen) atoms. The van der Waals surface area contributed by atoms with Crippen LogP contribution in [0.25, 0.3) is 0 Å². The van der Waals surface area contributed by atoms with E-state index in [1.54, 1.807) is 13.0 Å². The highest BCUT2D eigenvalue weighted by Crippen LogP contribution is 2.27. The summed E-state index contributed by atoms with van der Waals surface area (Å²) < 4.78 is 28.6. The molecule has 1 unspecified atom stereocenters. The molecule has 3 rings (SSSR count). The van der Waals surface area contributed by atoms with Crippen LogP contribution in [0.1, 0.15) is 41.1 Å². The molecule has 1 aromatic rings. The summed E-state index contributed by atoms with van der Waals surface area (Å²) in [7, 11) is 0. The normalized spacial score (nSPS) is 18.3. The van der Waals surface area contributed by atoms with Gasteiger partial charge in [-0.1, -0.05) is 18.2 Å². The Morgan fingerprint density at radius 2 is 2.14 bits per heavy atom. The van der Waals surface area contributed by atoms with E-state index in [0.29, 0.717) is 30.4 Å². The Hall–Kier alpha value is -2.84. The first-order valence-corrected chi connectivity index (χ1v) is 9.75. The Morgan fingerprint density at radius 3 is 2.83 bits per heavy atom. The van der Waals surface area contributed by atoms with E-state index in [9.17, 15) is 13.6 Å². The molecule has 7 nitrogen and oxygen atoms in total. The predicted octanol–water partition coefficient (Wildman–Crippen LogP) is 2.74. The van der Waals surface area contributed by atoms with Crippen molar-refractivity contribution < 1.29 is 13.6 Å². The van der Waals surface area contributed by atoms with Crippen LogP contribution in [0.4, 0.5) is 14.6 Å². The molecule has 2 heterocycles. The highest BCUT2D eigenvalue weighted by Gasteiger charge is 2.34. The van der Waals surface area contributed by atoms with Gasteiger partial charge in [-0.3, -0.25) is 4.79 Å². The number of hydrogen-bond donors (Lipinski definition) is 3. The van der Waals surface area contributed by atoms with Crippen molar-refractivity contribution in [3.8, 4) is 0 Å². The highest BCUT2D eigenvalue weighted by molar-refractivity contribution is 5.91. The fraction of sp³-hybridized carbons (Fsp3) is 0.500. The zero-order chi connectivity index (χ0) is 20.9. The number of aromatic nitrogens is 2. The van der Waals surface area contributed by atoms with Gasteiger partial charge in [-0.2, -0.15) is 13.9 Å². The number of halogens is 2. The lowest BCUT2D eigenvalue weighted by Gasteiger charge is -2.20. The number of aryl methyl sites for hydroxylation is 1. The van der Waals surface area contributed by atoms with Crippen LogP contribution in [-0.2, 0) is 0 Å². The maximum Gasteiger partial charge on any atom is 0.289 e. The number of rotatable bonds is 8. The summed E-state index contributed by atoms with van der Waals surface area (Å²) in [5.74, 6) is -3.09. The average Bonchev–Trinajstić information content (AvgIpc) is 3.23. The molecule has 3 N–H and O–H groups in total. The van der Waals surface area contributed by atoms with Crippen molar-refractivity contribution in [1.29, 1.82) is 0 Å². The van der Waals surface area contributed by atoms with Crippen LogP contribution < -0.4 is 16.1 Å². The predicted molar refractivity (Wildman–Crippen MR) is 108 cm³/mol. The van der Waals surface area contributed by atoms with Crippen molar-refractivity contribution in [3.05, 3.63) is 40.9 Å². The van der Waals surface area contributed by atoms with Gasteiger partial charge in [0.1, 0.15) is 5.82 Å². The van der Waals surface area contributed by atoms with E-state index in [4.69, 9.17) is 0 Å². The molecule has 0 bridgehead atoms. The first-order valence-electron chi connectivity index (χ1n) is 9.75. The lowest BCUT2D eigenvalue weighted by atomic mass is 10.0. The van der Waals surface area contributed by atoms with Gasteiger partial charge >= 0.3 is 0 Å². The molecule has 0 aromatic carbocycles. The van der Waals surface area contributed by atoms with Gasteiger partial charge in [-0.25, -0.2) is 9.97 Å². The molecule has 0 spiro atoms. The van der Waals surface area contributed by atoms with Crippen molar-refractivity contribution in [2.45, 2.75) is 39.0 Å². The summed E-state index contributed by atoms with van der Waals surface area (Å²) in [6, 6.07) is 0. The van der Waals surface area contributed by atoms with Gasteiger partial charge < -0.3 is 16.1 Å². The third kappa shape index (κ3) is 5.36. The van der Waals surface area contributed by atoms with Crippen LogP contribution in [0.3, 0.4) is 0 Å². The summed E-state index contributed by atoms with van der Waals surface area (Å²) in [5, 5.41) is 9.46. The number of allylic oxidation sites excluding steroid dienone is 3. The maximum absolute atomic E-state index is 14.3. The third-order valence-electron chi connectivity index (χ3n) is 5.02. The summed E-state index contributed by atoms with van der Waals surface area (Å²) >= 11 is 0. The smallest absolute Gasteiger partial charge is 0.289 e. The van der Waals surface area contributed by atoms with Crippen LogP contribution in [0, 0.1) is 19.8 Å². The van der Waals surface area contributed by atoms with E-state index in [2.05, 4.69) is 31.1 Å². The Morgan fingerprint density at radius 1 is 1.31 bits per heavy atom. The number of carbonyl (C=O) groups excluding carboxylic acids is 1. The van der Waals surface area contributed by atoms with Gasteiger partial charge in [0.25, 0.3) is 11.8 Å². The molecule has 1 aliphatic carbocycles. The lowest BCUT2D eigenvalue weighted by Crippen LogP contribution is -2.38. The van der Waals surface area contributed by atoms with Crippen molar-refractivity contribution in [1.82, 2.24) is 20.7 Å². The van der Waals surface area contributed by atoms with E-state index < -0.39 is 18.4 Å². The summed E-state index contributed by atoms with van der Waals surface area (Å²) in [6.45, 7) is 4.27. The van der Waals surface area contributed by atoms with Gasteiger partial charge in [0.15, 0.2) is 0 Å². The largest absolute Gasteiger partial charge is 0.370 e. The Balaban J connectivity index is 1.62. The first-order chi connectivity index (χ1) is 13.9. The molecule has 2 aliphatic rings. The molecule has 1 amide bonds. The zero-order valence-electron chi connectivity index (χ0n) is 16.6. The summed E-state index contributed by atoms with van der Waals surface area (Å²) in [6.07, 6.45) is 8.68. The molecular formula is C20H26F2N6O. The van der Waals surface area contributed by atoms with Gasteiger partial charge in [-0.15, -0.1) is 0 Å². The van der Waals surface area contributed by atoms with Crippen LogP contribution in [0.5, 0.6) is 0 Å². The standard InChI is InChI=1S/C20H26F2N6O/c1-13-14(2)27-18(28-17(13)23-9-8-15-10-25-26-11-15)19(29)24-12-20(21,22)16-6-4-3-5-7-16/h4,6-7,10,15,26H,3,5,8-9,11-12H2,1-2H3,(H,24,29)(H,23,27,28). The number of nitrogens with one attached hydrogen (secondary N) is 3. The van der Waals surface area contributed by atoms with Crippen molar-refractivity contribution >= 4 is 17.9 Å². The Labute approximate surface area is 168 Å². The van der Waals surface area contributed by atoms with Gasteiger partial charge in [0.05, 0.1) is 6.54 Å². The minimum atomic E-state index is -3.13. The number of hydrogen-bond acceptors (Lipinski definition) is 6. The zero-order valence-corrected chi connectivity index (χ0v) is 16.6. The number of anilines is 1. The van der Waals surface area contributed by atoms with Crippen LogP contribution in [0.2, 0.25) is 0 Å². The second-order valence-corrected chi connectivity index (χ2v) is 7.25. The Bertz CT molecular complexity index is 850. The maximum atomic E-state index is 14.3. The number of hydrazone groups is 1. The van der Waals surface area contributed by atoms with Gasteiger partial charge in [0.2, 0.25) is 5.82 Å². The summed E-state index contributed by atoms with van der Waals surface area (Å²) in [5.41, 5.74) is 4.29. The SMILES string of the molecule is Cc1nc(C(=O)NCC(F)(F)C2=CCCC=C2)nc(NCCC2C=NNC2)c1C. The highest BCUT2D eigenvalue weighted by atomic mass is 19.3. The fourth-order valence-corrected chi connectivity index (χ4v) is 3.09. The number of amides is 1. The molecule has 0 saturated heterocycles. The van der Waals surface area contributed by atoms with Crippen molar-refractivity contribution in [3.63, 3.8) is 0 Å². The molecule has 1 atom stereocenters. The molecule has 0 saturated carbocycles. The average molecular weight is 404 g/mol. The van der Waals surface area contributed by atoms with E-state index in [-0.39, 0.29) is 11.4 Å². The van der Waals surface area contributed by atoms with E-state index in [1.165, 1.54) is 12.2 Å². The second-order valence-electron chi connectivity index (χ2n) is 7.25. The lowest BCUT2D eigenvalue weighted by molar-refractivity contribution is 0.0422. The topological polar surface area (TPSA) is 91.3 Å². The van der Waals surface area contributed by atoms with Crippen LogP contribution >= 0.6 is 0 Å². The second kappa shape index (κ2) is 9.11. The summed E-state index contributed by atoms with van der Waals surface area (Å²) in [4.78, 5) is 20.8. The molecule has 1 aromatic heterocycles. The molecule has 1 aliphatic heterocycles. The van der Waals surface area contributed by atoms with Gasteiger partial charge in [0, 0.05) is 42.1 Å². The van der Waals surface area contributed by atoms with E-state index in [1.807, 2.05) is 13.1 Å². The number of alkyl halides is 2. The fourth-order valence-electron chi connectivity index (χ4n) is 3.09. The molecule has 0 radical (unpaired) electrons. The van der Waals surface area contributed by atoms with E-state index in [0.717, 1.165) is 24.9 Å². The van der Waals surface area contributed by atoms with Crippen LogP contribution in [0.15, 0.2) is 28.9 Å². The minimum Gasteiger partial charge on any atom is -0.370 e. The van der Waals surface area contributed by atoms with E-state index >= 15 is 0 Å². The van der Waals surface area contributed by atoms with Gasteiger partial charge in [-0.05, 0) is 33.1 Å². The third-order valence-corrected chi connectivity index (χ3v) is 5.02. The molecule has 156 valence electrons.